The van der Waals surface area contributed by atoms with Crippen LogP contribution in [0.1, 0.15) is 25.3 Å². The zero-order valence-electron chi connectivity index (χ0n) is 10.8. The summed E-state index contributed by atoms with van der Waals surface area (Å²) in [6, 6.07) is 7.69. The fourth-order valence-corrected chi connectivity index (χ4v) is 1.84. The predicted molar refractivity (Wildman–Crippen MR) is 75.6 cm³/mol. The highest BCUT2D eigenvalue weighted by Gasteiger charge is 2.04. The van der Waals surface area contributed by atoms with Gasteiger partial charge in [0.15, 0.2) is 0 Å². The third kappa shape index (κ3) is 6.03. The summed E-state index contributed by atoms with van der Waals surface area (Å²) in [4.78, 5) is 11.5. The van der Waals surface area contributed by atoms with Crippen LogP contribution in [0.2, 0.25) is 5.02 Å². The van der Waals surface area contributed by atoms with Gasteiger partial charge in [-0.05, 0) is 43.0 Å². The van der Waals surface area contributed by atoms with Gasteiger partial charge in [-0.1, -0.05) is 30.7 Å². The van der Waals surface area contributed by atoms with Gasteiger partial charge in [0.25, 0.3) is 0 Å². The van der Waals surface area contributed by atoms with E-state index >= 15 is 0 Å². The van der Waals surface area contributed by atoms with Crippen molar-refractivity contribution in [1.29, 1.82) is 0 Å². The van der Waals surface area contributed by atoms with Gasteiger partial charge in [-0.2, -0.15) is 0 Å². The van der Waals surface area contributed by atoms with Crippen LogP contribution in [0.3, 0.4) is 0 Å². The highest BCUT2D eigenvalue weighted by molar-refractivity contribution is 6.30. The number of halogens is 1. The summed E-state index contributed by atoms with van der Waals surface area (Å²) in [6.07, 6.45) is 2.20. The molecule has 0 bridgehead atoms. The quantitative estimate of drug-likeness (QED) is 0.798. The van der Waals surface area contributed by atoms with Gasteiger partial charge in [-0.3, -0.25) is 4.79 Å². The maximum atomic E-state index is 11.5. The number of benzene rings is 1. The molecule has 0 aliphatic rings. The molecule has 4 heteroatoms. The number of nitrogens with one attached hydrogen (secondary N) is 1. The van der Waals surface area contributed by atoms with Crippen molar-refractivity contribution < 1.29 is 4.79 Å². The van der Waals surface area contributed by atoms with E-state index in [2.05, 4.69) is 12.2 Å². The summed E-state index contributed by atoms with van der Waals surface area (Å²) in [5, 5.41) is 3.64. The molecule has 1 atom stereocenters. The Kier molecular flexibility index (Phi) is 6.76. The van der Waals surface area contributed by atoms with Crippen molar-refractivity contribution in [1.82, 2.24) is 5.32 Å². The van der Waals surface area contributed by atoms with Crippen LogP contribution in [0.25, 0.3) is 0 Å². The van der Waals surface area contributed by atoms with E-state index in [0.717, 1.165) is 23.4 Å². The second-order valence-corrected chi connectivity index (χ2v) is 5.05. The van der Waals surface area contributed by atoms with Crippen LogP contribution in [0, 0.1) is 5.92 Å². The second-order valence-electron chi connectivity index (χ2n) is 4.61. The number of hydrogen-bond donors (Lipinski definition) is 2. The third-order valence-corrected chi connectivity index (χ3v) is 3.13. The Labute approximate surface area is 114 Å². The molecule has 0 spiro atoms. The first-order chi connectivity index (χ1) is 8.61. The van der Waals surface area contributed by atoms with Crippen molar-refractivity contribution in [3.8, 4) is 0 Å². The van der Waals surface area contributed by atoms with E-state index in [4.69, 9.17) is 17.3 Å². The Morgan fingerprint density at radius 2 is 2.28 bits per heavy atom. The molecule has 0 fully saturated rings. The lowest BCUT2D eigenvalue weighted by molar-refractivity contribution is -0.121. The molecule has 1 rings (SSSR count). The van der Waals surface area contributed by atoms with Gasteiger partial charge in [0.2, 0.25) is 5.91 Å². The molecule has 0 heterocycles. The van der Waals surface area contributed by atoms with Crippen LogP contribution in [-0.4, -0.2) is 19.0 Å². The van der Waals surface area contributed by atoms with Gasteiger partial charge in [-0.25, -0.2) is 0 Å². The Balaban J connectivity index is 2.19. The SMILES string of the molecule is CC(CN)CCC(=O)NCCc1cccc(Cl)c1. The molecular formula is C14H21ClN2O. The van der Waals surface area contributed by atoms with Crippen molar-refractivity contribution in [2.75, 3.05) is 13.1 Å². The van der Waals surface area contributed by atoms with Crippen molar-refractivity contribution in [3.05, 3.63) is 34.9 Å². The molecule has 0 aliphatic heterocycles. The maximum absolute atomic E-state index is 11.5. The first-order valence-corrected chi connectivity index (χ1v) is 6.71. The van der Waals surface area contributed by atoms with E-state index < -0.39 is 0 Å². The van der Waals surface area contributed by atoms with Gasteiger partial charge in [0.05, 0.1) is 0 Å². The summed E-state index contributed by atoms with van der Waals surface area (Å²) in [5.74, 6) is 0.501. The summed E-state index contributed by atoms with van der Waals surface area (Å²) >= 11 is 5.89. The number of hydrogen-bond acceptors (Lipinski definition) is 2. The van der Waals surface area contributed by atoms with Gasteiger partial charge in [0.1, 0.15) is 0 Å². The van der Waals surface area contributed by atoms with Crippen LogP contribution < -0.4 is 11.1 Å². The zero-order valence-corrected chi connectivity index (χ0v) is 11.5. The van der Waals surface area contributed by atoms with Crippen LogP contribution in [-0.2, 0) is 11.2 Å². The number of carbonyl (C=O) groups excluding carboxylic acids is 1. The standard InChI is InChI=1S/C14H21ClN2O/c1-11(10-16)5-6-14(18)17-8-7-12-3-2-4-13(15)9-12/h2-4,9,11H,5-8,10,16H2,1H3,(H,17,18). The second kappa shape index (κ2) is 8.11. The molecule has 0 radical (unpaired) electrons. The predicted octanol–water partition coefficient (Wildman–Crippen LogP) is 2.37. The van der Waals surface area contributed by atoms with Gasteiger partial charge < -0.3 is 11.1 Å². The molecule has 0 aliphatic carbocycles. The minimum absolute atomic E-state index is 0.0947. The van der Waals surface area contributed by atoms with E-state index in [9.17, 15) is 4.79 Å². The fraction of sp³-hybridized carbons (Fsp3) is 0.500. The average molecular weight is 269 g/mol. The lowest BCUT2D eigenvalue weighted by Gasteiger charge is -2.08. The average Bonchev–Trinajstić information content (AvgIpc) is 2.36. The highest BCUT2D eigenvalue weighted by Crippen LogP contribution is 2.10. The Morgan fingerprint density at radius 3 is 2.94 bits per heavy atom. The topological polar surface area (TPSA) is 55.1 Å². The Bertz CT molecular complexity index is 382. The molecule has 18 heavy (non-hydrogen) atoms. The lowest BCUT2D eigenvalue weighted by Crippen LogP contribution is -2.26. The number of amides is 1. The van der Waals surface area contributed by atoms with Crippen molar-refractivity contribution in [2.24, 2.45) is 11.7 Å². The molecule has 3 nitrogen and oxygen atoms in total. The molecule has 1 amide bonds. The van der Waals surface area contributed by atoms with E-state index in [1.165, 1.54) is 0 Å². The summed E-state index contributed by atoms with van der Waals surface area (Å²) in [7, 11) is 0. The van der Waals surface area contributed by atoms with E-state index in [-0.39, 0.29) is 5.91 Å². The minimum Gasteiger partial charge on any atom is -0.356 e. The third-order valence-electron chi connectivity index (χ3n) is 2.89. The molecule has 1 unspecified atom stereocenters. The van der Waals surface area contributed by atoms with Crippen LogP contribution in [0.15, 0.2) is 24.3 Å². The van der Waals surface area contributed by atoms with Crippen LogP contribution >= 0.6 is 11.6 Å². The van der Waals surface area contributed by atoms with Gasteiger partial charge >= 0.3 is 0 Å². The van der Waals surface area contributed by atoms with Crippen molar-refractivity contribution in [3.63, 3.8) is 0 Å². The Hall–Kier alpha value is -1.06. The fourth-order valence-electron chi connectivity index (χ4n) is 1.62. The van der Waals surface area contributed by atoms with Crippen molar-refractivity contribution in [2.45, 2.75) is 26.2 Å². The molecular weight excluding hydrogens is 248 g/mol. The first kappa shape index (κ1) is 15.0. The summed E-state index contributed by atoms with van der Waals surface area (Å²) in [5.41, 5.74) is 6.64. The minimum atomic E-state index is 0.0947. The van der Waals surface area contributed by atoms with Crippen molar-refractivity contribution >= 4 is 17.5 Å². The number of nitrogens with two attached hydrogens (primary N) is 1. The summed E-state index contributed by atoms with van der Waals surface area (Å²) in [6.45, 7) is 3.34. The Morgan fingerprint density at radius 1 is 1.50 bits per heavy atom. The van der Waals surface area contributed by atoms with Crippen LogP contribution in [0.5, 0.6) is 0 Å². The molecule has 0 saturated heterocycles. The normalized spacial score (nSPS) is 12.2. The smallest absolute Gasteiger partial charge is 0.220 e. The molecule has 1 aromatic rings. The maximum Gasteiger partial charge on any atom is 0.220 e. The number of rotatable bonds is 7. The summed E-state index contributed by atoms with van der Waals surface area (Å²) < 4.78 is 0. The molecule has 0 saturated carbocycles. The van der Waals surface area contributed by atoms with E-state index in [1.54, 1.807) is 0 Å². The van der Waals surface area contributed by atoms with E-state index in [1.807, 2.05) is 24.3 Å². The lowest BCUT2D eigenvalue weighted by atomic mass is 10.1. The largest absolute Gasteiger partial charge is 0.356 e. The van der Waals surface area contributed by atoms with Crippen LogP contribution in [0.4, 0.5) is 0 Å². The highest BCUT2D eigenvalue weighted by atomic mass is 35.5. The molecule has 0 aromatic heterocycles. The molecule has 3 N–H and O–H groups in total. The molecule has 1 aromatic carbocycles. The van der Waals surface area contributed by atoms with Gasteiger partial charge in [0, 0.05) is 18.0 Å². The first-order valence-electron chi connectivity index (χ1n) is 6.33. The zero-order chi connectivity index (χ0) is 13.4. The van der Waals surface area contributed by atoms with E-state index in [0.29, 0.717) is 25.4 Å². The number of carbonyl (C=O) groups is 1. The van der Waals surface area contributed by atoms with Gasteiger partial charge in [-0.15, -0.1) is 0 Å². The monoisotopic (exact) mass is 268 g/mol. The molecule has 100 valence electrons.